The highest BCUT2D eigenvalue weighted by Gasteiger charge is 2.38. The number of nitro groups is 1. The van der Waals surface area contributed by atoms with E-state index >= 15 is 0 Å². The summed E-state index contributed by atoms with van der Waals surface area (Å²) in [7, 11) is -3.84. The smallest absolute Gasteiger partial charge is 0.309 e. The number of non-ortho nitro benzene ring substituents is 1. The number of rotatable bonds is 6. The number of carbonyl (C=O) groups is 1. The number of esters is 1. The van der Waals surface area contributed by atoms with Crippen LogP contribution in [-0.2, 0) is 19.6 Å². The molecule has 0 saturated heterocycles. The van der Waals surface area contributed by atoms with Crippen molar-refractivity contribution in [2.75, 3.05) is 6.61 Å². The summed E-state index contributed by atoms with van der Waals surface area (Å²) in [5.41, 5.74) is -0.291. The summed E-state index contributed by atoms with van der Waals surface area (Å²) in [4.78, 5) is 21.3. The second-order valence-corrected chi connectivity index (χ2v) is 6.71. The van der Waals surface area contributed by atoms with E-state index < -0.39 is 14.9 Å². The van der Waals surface area contributed by atoms with Crippen LogP contribution in [0.4, 0.5) is 5.69 Å². The summed E-state index contributed by atoms with van der Waals surface area (Å²) in [5, 5.41) is 10.7. The topological polar surface area (TPSA) is 116 Å². The van der Waals surface area contributed by atoms with Crippen molar-refractivity contribution < 1.29 is 22.9 Å². The number of nitro benzene ring substituents is 1. The minimum atomic E-state index is -3.84. The molecule has 1 aromatic carbocycles. The van der Waals surface area contributed by atoms with Gasteiger partial charge in [0.2, 0.25) is 10.0 Å². The van der Waals surface area contributed by atoms with Crippen LogP contribution in [0.5, 0.6) is 0 Å². The molecule has 0 radical (unpaired) electrons. The zero-order valence-corrected chi connectivity index (χ0v) is 12.7. The normalized spacial score (nSPS) is 21.0. The van der Waals surface area contributed by atoms with Gasteiger partial charge < -0.3 is 4.74 Å². The van der Waals surface area contributed by atoms with Crippen molar-refractivity contribution in [1.29, 1.82) is 0 Å². The maximum absolute atomic E-state index is 12.2. The fourth-order valence-electron chi connectivity index (χ4n) is 2.22. The summed E-state index contributed by atoms with van der Waals surface area (Å²) in [6, 6.07) is 4.47. The second kappa shape index (κ2) is 6.41. The number of carbonyl (C=O) groups excluding carboxylic acids is 1. The predicted octanol–water partition coefficient (Wildman–Crippen LogP) is 1.21. The maximum Gasteiger partial charge on any atom is 0.309 e. The van der Waals surface area contributed by atoms with Crippen molar-refractivity contribution >= 4 is 21.7 Å². The third-order valence-electron chi connectivity index (χ3n) is 3.42. The number of nitrogens with zero attached hydrogens (tertiary/aromatic N) is 1. The van der Waals surface area contributed by atoms with Gasteiger partial charge in [-0.3, -0.25) is 14.9 Å². The summed E-state index contributed by atoms with van der Waals surface area (Å²) >= 11 is 0. The van der Waals surface area contributed by atoms with Gasteiger partial charge in [0.1, 0.15) is 0 Å². The van der Waals surface area contributed by atoms with E-state index in [-0.39, 0.29) is 28.5 Å². The van der Waals surface area contributed by atoms with E-state index in [0.29, 0.717) is 19.4 Å². The minimum absolute atomic E-state index is 0.165. The van der Waals surface area contributed by atoms with E-state index in [0.717, 1.165) is 6.07 Å². The Morgan fingerprint density at radius 3 is 2.73 bits per heavy atom. The van der Waals surface area contributed by atoms with Gasteiger partial charge in [0.05, 0.1) is 22.3 Å². The van der Waals surface area contributed by atoms with Crippen molar-refractivity contribution in [2.45, 2.75) is 30.7 Å². The molecule has 1 fully saturated rings. The molecular weight excluding hydrogens is 312 g/mol. The van der Waals surface area contributed by atoms with Crippen LogP contribution in [0.3, 0.4) is 0 Å². The Labute approximate surface area is 127 Å². The third-order valence-corrected chi connectivity index (χ3v) is 4.94. The summed E-state index contributed by atoms with van der Waals surface area (Å²) in [6.07, 6.45) is 0.736. The highest BCUT2D eigenvalue weighted by atomic mass is 32.2. The van der Waals surface area contributed by atoms with Gasteiger partial charge in [-0.15, -0.1) is 0 Å². The number of sulfonamides is 1. The molecule has 9 heteroatoms. The van der Waals surface area contributed by atoms with Crippen molar-refractivity contribution in [1.82, 2.24) is 4.72 Å². The molecule has 1 N–H and O–H groups in total. The first-order valence-electron chi connectivity index (χ1n) is 6.77. The van der Waals surface area contributed by atoms with Gasteiger partial charge in [-0.25, -0.2) is 13.1 Å². The molecule has 1 aliphatic carbocycles. The molecule has 8 nitrogen and oxygen atoms in total. The lowest BCUT2D eigenvalue weighted by Crippen LogP contribution is -2.47. The third kappa shape index (κ3) is 3.60. The standard InChI is InChI=1S/C13H16N2O6S/c1-2-21-13(16)9-6-10(7-9)14-22(19,20)12-5-3-4-11(8-12)15(17)18/h3-5,8-10,14H,2,6-7H2,1H3. The Morgan fingerprint density at radius 2 is 2.14 bits per heavy atom. The molecule has 0 atom stereocenters. The highest BCUT2D eigenvalue weighted by molar-refractivity contribution is 7.89. The molecule has 0 spiro atoms. The van der Waals surface area contributed by atoms with Crippen molar-refractivity contribution in [2.24, 2.45) is 5.92 Å². The Balaban J connectivity index is 2.00. The molecule has 1 aliphatic rings. The van der Waals surface area contributed by atoms with E-state index in [9.17, 15) is 23.3 Å². The Bertz CT molecular complexity index is 682. The number of hydrogen-bond donors (Lipinski definition) is 1. The fourth-order valence-corrected chi connectivity index (χ4v) is 3.52. The molecule has 0 aliphatic heterocycles. The Hall–Kier alpha value is -2.00. The molecule has 0 unspecified atom stereocenters. The molecule has 0 heterocycles. The summed E-state index contributed by atoms with van der Waals surface area (Å²) in [5.74, 6) is -0.619. The number of hydrogen-bond acceptors (Lipinski definition) is 6. The molecule has 0 aromatic heterocycles. The van der Waals surface area contributed by atoms with Gasteiger partial charge in [0.25, 0.3) is 5.69 Å². The van der Waals surface area contributed by atoms with Gasteiger partial charge in [-0.1, -0.05) is 6.07 Å². The van der Waals surface area contributed by atoms with Gasteiger partial charge >= 0.3 is 5.97 Å². The molecule has 2 rings (SSSR count). The number of benzene rings is 1. The summed E-state index contributed by atoms with van der Waals surface area (Å²) in [6.45, 7) is 2.00. The van der Waals surface area contributed by atoms with E-state index in [1.54, 1.807) is 6.92 Å². The molecule has 120 valence electrons. The largest absolute Gasteiger partial charge is 0.466 e. The van der Waals surface area contributed by atoms with Gasteiger partial charge in [-0.05, 0) is 25.8 Å². The highest BCUT2D eigenvalue weighted by Crippen LogP contribution is 2.30. The lowest BCUT2D eigenvalue weighted by atomic mass is 9.81. The van der Waals surface area contributed by atoms with Gasteiger partial charge in [-0.2, -0.15) is 0 Å². The van der Waals surface area contributed by atoms with Crippen LogP contribution >= 0.6 is 0 Å². The predicted molar refractivity (Wildman–Crippen MR) is 76.6 cm³/mol. The molecule has 1 saturated carbocycles. The average molecular weight is 328 g/mol. The summed E-state index contributed by atoms with van der Waals surface area (Å²) < 4.78 is 31.6. The lowest BCUT2D eigenvalue weighted by Gasteiger charge is -2.33. The molecule has 0 bridgehead atoms. The quantitative estimate of drug-likeness (QED) is 0.477. The van der Waals surface area contributed by atoms with Crippen molar-refractivity contribution in [3.8, 4) is 0 Å². The molecular formula is C13H16N2O6S. The Morgan fingerprint density at radius 1 is 1.45 bits per heavy atom. The molecule has 22 heavy (non-hydrogen) atoms. The first kappa shape index (κ1) is 16.4. The zero-order valence-electron chi connectivity index (χ0n) is 11.9. The molecule has 1 aromatic rings. The van der Waals surface area contributed by atoms with Crippen LogP contribution in [0.15, 0.2) is 29.2 Å². The van der Waals surface area contributed by atoms with Crippen LogP contribution < -0.4 is 4.72 Å². The monoisotopic (exact) mass is 328 g/mol. The maximum atomic E-state index is 12.2. The van der Waals surface area contributed by atoms with E-state index in [2.05, 4.69) is 4.72 Å². The Kier molecular flexibility index (Phi) is 4.77. The zero-order chi connectivity index (χ0) is 16.3. The van der Waals surface area contributed by atoms with Crippen LogP contribution in [-0.4, -0.2) is 32.0 Å². The van der Waals surface area contributed by atoms with Gasteiger partial charge in [0, 0.05) is 18.2 Å². The number of nitrogens with one attached hydrogen (secondary N) is 1. The first-order chi connectivity index (χ1) is 10.3. The van der Waals surface area contributed by atoms with Crippen molar-refractivity contribution in [3.63, 3.8) is 0 Å². The minimum Gasteiger partial charge on any atom is -0.466 e. The van der Waals surface area contributed by atoms with Crippen LogP contribution in [0.2, 0.25) is 0 Å². The SMILES string of the molecule is CCOC(=O)C1CC(NS(=O)(=O)c2cccc([N+](=O)[O-])c2)C1. The van der Waals surface area contributed by atoms with Crippen LogP contribution in [0.1, 0.15) is 19.8 Å². The number of ether oxygens (including phenoxy) is 1. The van der Waals surface area contributed by atoms with Crippen LogP contribution in [0, 0.1) is 16.0 Å². The molecule has 0 amide bonds. The van der Waals surface area contributed by atoms with Crippen LogP contribution in [0.25, 0.3) is 0 Å². The lowest BCUT2D eigenvalue weighted by molar-refractivity contribution is -0.385. The van der Waals surface area contributed by atoms with E-state index in [1.165, 1.54) is 18.2 Å². The van der Waals surface area contributed by atoms with E-state index in [1.807, 2.05) is 0 Å². The van der Waals surface area contributed by atoms with Crippen molar-refractivity contribution in [3.05, 3.63) is 34.4 Å². The fraction of sp³-hybridized carbons (Fsp3) is 0.462. The second-order valence-electron chi connectivity index (χ2n) is 4.99. The van der Waals surface area contributed by atoms with Gasteiger partial charge in [0.15, 0.2) is 0 Å². The first-order valence-corrected chi connectivity index (χ1v) is 8.25. The average Bonchev–Trinajstić information content (AvgIpc) is 2.42. The van der Waals surface area contributed by atoms with E-state index in [4.69, 9.17) is 4.74 Å².